The van der Waals surface area contributed by atoms with E-state index in [4.69, 9.17) is 4.74 Å². The van der Waals surface area contributed by atoms with Crippen LogP contribution < -0.4 is 5.32 Å². The largest absolute Gasteiger partial charge is 0.372 e. The summed E-state index contributed by atoms with van der Waals surface area (Å²) >= 11 is 0. The van der Waals surface area contributed by atoms with Crippen molar-refractivity contribution >= 4 is 0 Å². The van der Waals surface area contributed by atoms with Crippen LogP contribution in [0.25, 0.3) is 0 Å². The number of piperidine rings is 1. The van der Waals surface area contributed by atoms with Gasteiger partial charge in [0.1, 0.15) is 0 Å². The van der Waals surface area contributed by atoms with E-state index in [1.54, 1.807) is 0 Å². The average Bonchev–Trinajstić information content (AvgIpc) is 2.40. The number of rotatable bonds is 5. The molecule has 0 amide bonds. The van der Waals surface area contributed by atoms with Gasteiger partial charge in [0.2, 0.25) is 0 Å². The van der Waals surface area contributed by atoms with Gasteiger partial charge in [-0.05, 0) is 24.8 Å². The number of ether oxygens (including phenoxy) is 1. The Morgan fingerprint density at radius 1 is 1.24 bits per heavy atom. The van der Waals surface area contributed by atoms with Gasteiger partial charge in [-0.1, -0.05) is 43.7 Å². The predicted molar refractivity (Wildman–Crippen MR) is 71.0 cm³/mol. The Labute approximate surface area is 104 Å². The van der Waals surface area contributed by atoms with Crippen molar-refractivity contribution in [3.8, 4) is 0 Å². The lowest BCUT2D eigenvalue weighted by Gasteiger charge is -2.29. The standard InChI is InChI=1S/C15H23NO/c1-2-6-14-9-10-15(11-16-14)17-12-13-7-4-3-5-8-13/h3-5,7-8,14-16H,2,6,9-12H2,1H3/t14-,15+/m1/s1. The molecule has 1 fully saturated rings. The second-order valence-electron chi connectivity index (χ2n) is 4.89. The van der Waals surface area contributed by atoms with E-state index in [1.165, 1.54) is 31.2 Å². The molecule has 2 nitrogen and oxygen atoms in total. The molecule has 0 radical (unpaired) electrons. The summed E-state index contributed by atoms with van der Waals surface area (Å²) in [6, 6.07) is 11.1. The van der Waals surface area contributed by atoms with Crippen molar-refractivity contribution in [2.45, 2.75) is 51.4 Å². The first-order valence-electron chi connectivity index (χ1n) is 6.77. The molecule has 0 saturated carbocycles. The number of benzene rings is 1. The molecule has 2 atom stereocenters. The summed E-state index contributed by atoms with van der Waals surface area (Å²) in [6.07, 6.45) is 5.42. The van der Waals surface area contributed by atoms with Crippen molar-refractivity contribution in [1.29, 1.82) is 0 Å². The minimum absolute atomic E-state index is 0.392. The zero-order valence-corrected chi connectivity index (χ0v) is 10.7. The third-order valence-electron chi connectivity index (χ3n) is 3.44. The van der Waals surface area contributed by atoms with Crippen LogP contribution in [0.3, 0.4) is 0 Å². The van der Waals surface area contributed by atoms with Crippen LogP contribution in [0.2, 0.25) is 0 Å². The molecule has 2 heteroatoms. The Morgan fingerprint density at radius 2 is 2.06 bits per heavy atom. The molecular weight excluding hydrogens is 210 g/mol. The summed E-state index contributed by atoms with van der Waals surface area (Å²) in [5, 5.41) is 3.58. The van der Waals surface area contributed by atoms with Gasteiger partial charge in [-0.25, -0.2) is 0 Å². The Morgan fingerprint density at radius 3 is 2.71 bits per heavy atom. The van der Waals surface area contributed by atoms with Gasteiger partial charge in [0.15, 0.2) is 0 Å². The second-order valence-corrected chi connectivity index (χ2v) is 4.89. The molecule has 0 aliphatic carbocycles. The van der Waals surface area contributed by atoms with Gasteiger partial charge in [-0.3, -0.25) is 0 Å². The molecule has 94 valence electrons. The molecule has 1 heterocycles. The second kappa shape index (κ2) is 6.77. The first kappa shape index (κ1) is 12.6. The molecule has 1 N–H and O–H groups in total. The number of hydrogen-bond acceptors (Lipinski definition) is 2. The minimum atomic E-state index is 0.392. The highest BCUT2D eigenvalue weighted by molar-refractivity contribution is 5.13. The van der Waals surface area contributed by atoms with Crippen LogP contribution in [0.4, 0.5) is 0 Å². The third kappa shape index (κ3) is 4.14. The first-order valence-corrected chi connectivity index (χ1v) is 6.77. The van der Waals surface area contributed by atoms with E-state index < -0.39 is 0 Å². The van der Waals surface area contributed by atoms with E-state index in [0.717, 1.165) is 19.2 Å². The quantitative estimate of drug-likeness (QED) is 0.843. The number of nitrogens with one attached hydrogen (secondary N) is 1. The maximum atomic E-state index is 5.93. The highest BCUT2D eigenvalue weighted by atomic mass is 16.5. The van der Waals surface area contributed by atoms with Crippen LogP contribution in [0.5, 0.6) is 0 Å². The maximum absolute atomic E-state index is 5.93. The lowest BCUT2D eigenvalue weighted by Crippen LogP contribution is -2.42. The van der Waals surface area contributed by atoms with Crippen LogP contribution in [-0.4, -0.2) is 18.7 Å². The normalized spacial score (nSPS) is 24.8. The lowest BCUT2D eigenvalue weighted by molar-refractivity contribution is 0.0175. The molecule has 0 spiro atoms. The smallest absolute Gasteiger partial charge is 0.0721 e. The van der Waals surface area contributed by atoms with Gasteiger partial charge >= 0.3 is 0 Å². The van der Waals surface area contributed by atoms with Crippen molar-refractivity contribution in [2.75, 3.05) is 6.54 Å². The molecule has 1 aliphatic heterocycles. The van der Waals surface area contributed by atoms with E-state index >= 15 is 0 Å². The van der Waals surface area contributed by atoms with Gasteiger partial charge in [-0.15, -0.1) is 0 Å². The van der Waals surface area contributed by atoms with Gasteiger partial charge < -0.3 is 10.1 Å². The van der Waals surface area contributed by atoms with Crippen LogP contribution in [0, 0.1) is 0 Å². The molecule has 1 saturated heterocycles. The van der Waals surface area contributed by atoms with Crippen molar-refractivity contribution in [3.05, 3.63) is 35.9 Å². The summed E-state index contributed by atoms with van der Waals surface area (Å²) in [6.45, 7) is 4.00. The van der Waals surface area contributed by atoms with Gasteiger partial charge in [0.25, 0.3) is 0 Å². The maximum Gasteiger partial charge on any atom is 0.0721 e. The van der Waals surface area contributed by atoms with E-state index in [-0.39, 0.29) is 0 Å². The zero-order valence-electron chi connectivity index (χ0n) is 10.7. The highest BCUT2D eigenvalue weighted by Crippen LogP contribution is 2.16. The zero-order chi connectivity index (χ0) is 11.9. The van der Waals surface area contributed by atoms with Crippen molar-refractivity contribution in [1.82, 2.24) is 5.32 Å². The van der Waals surface area contributed by atoms with Crippen molar-refractivity contribution in [3.63, 3.8) is 0 Å². The van der Waals surface area contributed by atoms with Crippen LogP contribution >= 0.6 is 0 Å². The first-order chi connectivity index (χ1) is 8.38. The van der Waals surface area contributed by atoms with E-state index in [2.05, 4.69) is 36.5 Å². The molecule has 17 heavy (non-hydrogen) atoms. The Bertz CT molecular complexity index is 304. The molecule has 1 aromatic carbocycles. The monoisotopic (exact) mass is 233 g/mol. The summed E-state index contributed by atoms with van der Waals surface area (Å²) in [4.78, 5) is 0. The van der Waals surface area contributed by atoms with E-state index in [0.29, 0.717) is 6.10 Å². The SMILES string of the molecule is CCC[C@@H]1CC[C@H](OCc2ccccc2)CN1. The predicted octanol–water partition coefficient (Wildman–Crippen LogP) is 3.12. The van der Waals surface area contributed by atoms with E-state index in [1.807, 2.05) is 6.07 Å². The minimum Gasteiger partial charge on any atom is -0.372 e. The van der Waals surface area contributed by atoms with Crippen molar-refractivity contribution < 1.29 is 4.74 Å². The lowest BCUT2D eigenvalue weighted by atomic mass is 9.99. The molecule has 0 unspecified atom stereocenters. The molecule has 0 aromatic heterocycles. The summed E-state index contributed by atoms with van der Waals surface area (Å²) in [5.41, 5.74) is 1.27. The fourth-order valence-corrected chi connectivity index (χ4v) is 2.41. The van der Waals surface area contributed by atoms with Crippen molar-refractivity contribution in [2.24, 2.45) is 0 Å². The van der Waals surface area contributed by atoms with Crippen LogP contribution in [0.1, 0.15) is 38.2 Å². The fourth-order valence-electron chi connectivity index (χ4n) is 2.41. The summed E-state index contributed by atoms with van der Waals surface area (Å²) in [5.74, 6) is 0. The fraction of sp³-hybridized carbons (Fsp3) is 0.600. The number of hydrogen-bond donors (Lipinski definition) is 1. The molecule has 0 bridgehead atoms. The summed E-state index contributed by atoms with van der Waals surface area (Å²) in [7, 11) is 0. The van der Waals surface area contributed by atoms with Gasteiger partial charge in [0.05, 0.1) is 12.7 Å². The summed E-state index contributed by atoms with van der Waals surface area (Å²) < 4.78 is 5.93. The molecular formula is C15H23NO. The molecule has 2 rings (SSSR count). The van der Waals surface area contributed by atoms with Crippen LogP contribution in [-0.2, 0) is 11.3 Å². The Hall–Kier alpha value is -0.860. The third-order valence-corrected chi connectivity index (χ3v) is 3.44. The van der Waals surface area contributed by atoms with Gasteiger partial charge in [-0.2, -0.15) is 0 Å². The Kier molecular flexibility index (Phi) is 5.02. The topological polar surface area (TPSA) is 21.3 Å². The molecule has 1 aliphatic rings. The average molecular weight is 233 g/mol. The van der Waals surface area contributed by atoms with Crippen LogP contribution in [0.15, 0.2) is 30.3 Å². The Balaban J connectivity index is 1.68. The molecule has 1 aromatic rings. The van der Waals surface area contributed by atoms with E-state index in [9.17, 15) is 0 Å². The van der Waals surface area contributed by atoms with Gasteiger partial charge in [0, 0.05) is 12.6 Å². The highest BCUT2D eigenvalue weighted by Gasteiger charge is 2.19.